The van der Waals surface area contributed by atoms with Gasteiger partial charge in [0.25, 0.3) is 0 Å². The zero-order valence-corrected chi connectivity index (χ0v) is 14.4. The van der Waals surface area contributed by atoms with Gasteiger partial charge in [0.05, 0.1) is 20.1 Å². The number of carbonyl (C=O) groups excluding carboxylic acids is 2. The van der Waals surface area contributed by atoms with Crippen molar-refractivity contribution in [3.8, 4) is 0 Å². The van der Waals surface area contributed by atoms with Crippen LogP contribution in [-0.2, 0) is 19.1 Å². The van der Waals surface area contributed by atoms with E-state index in [0.717, 1.165) is 11.1 Å². The van der Waals surface area contributed by atoms with Crippen molar-refractivity contribution in [1.29, 1.82) is 0 Å². The van der Waals surface area contributed by atoms with E-state index in [-0.39, 0.29) is 24.8 Å². The van der Waals surface area contributed by atoms with Gasteiger partial charge in [0.15, 0.2) is 0 Å². The second-order valence-electron chi connectivity index (χ2n) is 4.95. The summed E-state index contributed by atoms with van der Waals surface area (Å²) in [6, 6.07) is 7.33. The molecule has 0 saturated carbocycles. The number of rotatable bonds is 8. The third kappa shape index (κ3) is 6.42. The lowest BCUT2D eigenvalue weighted by Gasteiger charge is -2.20. The summed E-state index contributed by atoms with van der Waals surface area (Å²) in [5.74, 6) is -0.546. The van der Waals surface area contributed by atoms with E-state index in [9.17, 15) is 9.59 Å². The molecule has 0 bridgehead atoms. The van der Waals surface area contributed by atoms with Crippen molar-refractivity contribution in [3.63, 3.8) is 0 Å². The monoisotopic (exact) mass is 339 g/mol. The Labute approximate surface area is 141 Å². The molecule has 1 rings (SSSR count). The maximum atomic E-state index is 12.4. The van der Waals surface area contributed by atoms with Crippen LogP contribution in [0.15, 0.2) is 30.3 Å². The van der Waals surface area contributed by atoms with Gasteiger partial charge in [-0.15, -0.1) is 0 Å². The van der Waals surface area contributed by atoms with E-state index in [4.69, 9.17) is 16.3 Å². The first-order chi connectivity index (χ1) is 11.0. The van der Waals surface area contributed by atoms with Crippen molar-refractivity contribution in [2.24, 2.45) is 0 Å². The summed E-state index contributed by atoms with van der Waals surface area (Å²) in [7, 11) is 2.89. The Morgan fingerprint density at radius 3 is 2.52 bits per heavy atom. The largest absolute Gasteiger partial charge is 0.469 e. The SMILES string of the molecule is COCCN(CCC(=O)OC)C(=O)/C=C(/C)c1ccccc1Cl. The van der Waals surface area contributed by atoms with Gasteiger partial charge in [-0.1, -0.05) is 29.8 Å². The number of hydrogen-bond donors (Lipinski definition) is 0. The summed E-state index contributed by atoms with van der Waals surface area (Å²) in [4.78, 5) is 25.3. The van der Waals surface area contributed by atoms with Crippen LogP contribution in [-0.4, -0.2) is 50.7 Å². The van der Waals surface area contributed by atoms with Gasteiger partial charge in [0.2, 0.25) is 5.91 Å². The zero-order chi connectivity index (χ0) is 17.2. The molecule has 0 aromatic heterocycles. The Morgan fingerprint density at radius 2 is 1.91 bits per heavy atom. The molecule has 0 fully saturated rings. The molecule has 0 unspecified atom stereocenters. The molecule has 23 heavy (non-hydrogen) atoms. The molecule has 0 N–H and O–H groups in total. The number of methoxy groups -OCH3 is 2. The highest BCUT2D eigenvalue weighted by molar-refractivity contribution is 6.32. The fraction of sp³-hybridized carbons (Fsp3) is 0.412. The molecule has 0 atom stereocenters. The fourth-order valence-electron chi connectivity index (χ4n) is 2.00. The summed E-state index contributed by atoms with van der Waals surface area (Å²) in [6.45, 7) is 2.90. The molecule has 0 aliphatic rings. The molecule has 6 heteroatoms. The van der Waals surface area contributed by atoms with Crippen molar-refractivity contribution in [2.75, 3.05) is 33.9 Å². The first-order valence-electron chi connectivity index (χ1n) is 7.27. The lowest BCUT2D eigenvalue weighted by Crippen LogP contribution is -2.34. The molecule has 5 nitrogen and oxygen atoms in total. The van der Waals surface area contributed by atoms with E-state index in [1.807, 2.05) is 25.1 Å². The van der Waals surface area contributed by atoms with Crippen molar-refractivity contribution >= 4 is 29.1 Å². The Balaban J connectivity index is 2.84. The van der Waals surface area contributed by atoms with Gasteiger partial charge >= 0.3 is 5.97 Å². The number of hydrogen-bond acceptors (Lipinski definition) is 4. The quantitative estimate of drug-likeness (QED) is 0.540. The van der Waals surface area contributed by atoms with Crippen molar-refractivity contribution in [1.82, 2.24) is 4.90 Å². The van der Waals surface area contributed by atoms with Gasteiger partial charge in [0.1, 0.15) is 0 Å². The minimum absolute atomic E-state index is 0.144. The molecule has 0 saturated heterocycles. The zero-order valence-electron chi connectivity index (χ0n) is 13.7. The number of nitrogens with zero attached hydrogens (tertiary/aromatic N) is 1. The van der Waals surface area contributed by atoms with E-state index in [2.05, 4.69) is 4.74 Å². The van der Waals surface area contributed by atoms with E-state index < -0.39 is 0 Å². The number of esters is 1. The van der Waals surface area contributed by atoms with Crippen LogP contribution in [0.4, 0.5) is 0 Å². The molecule has 1 aromatic carbocycles. The first kappa shape index (κ1) is 19.2. The van der Waals surface area contributed by atoms with Crippen molar-refractivity contribution in [2.45, 2.75) is 13.3 Å². The molecule has 1 amide bonds. The third-order valence-corrected chi connectivity index (χ3v) is 3.66. The number of halogens is 1. The maximum Gasteiger partial charge on any atom is 0.307 e. The lowest BCUT2D eigenvalue weighted by molar-refractivity contribution is -0.141. The van der Waals surface area contributed by atoms with Crippen LogP contribution in [0.2, 0.25) is 5.02 Å². The molecular weight excluding hydrogens is 318 g/mol. The smallest absolute Gasteiger partial charge is 0.307 e. The molecule has 1 aromatic rings. The molecule has 0 heterocycles. The van der Waals surface area contributed by atoms with E-state index in [0.29, 0.717) is 18.2 Å². The van der Waals surface area contributed by atoms with Crippen LogP contribution in [0, 0.1) is 0 Å². The number of benzene rings is 1. The van der Waals surface area contributed by atoms with Crippen LogP contribution in [0.3, 0.4) is 0 Å². The summed E-state index contributed by atoms with van der Waals surface area (Å²) in [6.07, 6.45) is 1.67. The molecule has 126 valence electrons. The Bertz CT molecular complexity index is 571. The standard InChI is InChI=1S/C17H22ClNO4/c1-13(14-6-4-5-7-15(14)18)12-16(20)19(10-11-22-2)9-8-17(21)23-3/h4-7,12H,8-11H2,1-3H3/b13-12-. The Hall–Kier alpha value is -1.85. The lowest BCUT2D eigenvalue weighted by atomic mass is 10.1. The van der Waals surface area contributed by atoms with E-state index >= 15 is 0 Å². The predicted octanol–water partition coefficient (Wildman–Crippen LogP) is 2.78. The highest BCUT2D eigenvalue weighted by Gasteiger charge is 2.14. The van der Waals surface area contributed by atoms with Crippen LogP contribution in [0.1, 0.15) is 18.9 Å². The number of allylic oxidation sites excluding steroid dienone is 1. The van der Waals surface area contributed by atoms with Crippen LogP contribution in [0.5, 0.6) is 0 Å². The fourth-order valence-corrected chi connectivity index (χ4v) is 2.28. The molecular formula is C17H22ClNO4. The maximum absolute atomic E-state index is 12.4. The Kier molecular flexibility index (Phi) is 8.37. The predicted molar refractivity (Wildman–Crippen MR) is 90.2 cm³/mol. The van der Waals surface area contributed by atoms with Gasteiger partial charge in [-0.05, 0) is 24.1 Å². The Morgan fingerprint density at radius 1 is 1.22 bits per heavy atom. The van der Waals surface area contributed by atoms with Gasteiger partial charge in [0, 0.05) is 31.3 Å². The second-order valence-corrected chi connectivity index (χ2v) is 5.36. The van der Waals surface area contributed by atoms with Crippen molar-refractivity contribution < 1.29 is 19.1 Å². The minimum Gasteiger partial charge on any atom is -0.469 e. The molecule has 0 aliphatic heterocycles. The summed E-state index contributed by atoms with van der Waals surface area (Å²) >= 11 is 6.14. The van der Waals surface area contributed by atoms with E-state index in [1.54, 1.807) is 18.1 Å². The molecule has 0 radical (unpaired) electrons. The average molecular weight is 340 g/mol. The average Bonchev–Trinajstić information content (AvgIpc) is 2.54. The summed E-state index contributed by atoms with van der Waals surface area (Å²) in [5.41, 5.74) is 1.57. The highest BCUT2D eigenvalue weighted by Crippen LogP contribution is 2.23. The number of carbonyl (C=O) groups is 2. The topological polar surface area (TPSA) is 55.8 Å². The first-order valence-corrected chi connectivity index (χ1v) is 7.65. The number of amides is 1. The van der Waals surface area contributed by atoms with Gasteiger partial charge in [-0.3, -0.25) is 9.59 Å². The number of ether oxygens (including phenoxy) is 2. The van der Waals surface area contributed by atoms with Gasteiger partial charge < -0.3 is 14.4 Å². The van der Waals surface area contributed by atoms with Crippen LogP contribution >= 0.6 is 11.6 Å². The summed E-state index contributed by atoms with van der Waals surface area (Å²) in [5, 5.41) is 0.590. The molecule has 0 aliphatic carbocycles. The minimum atomic E-state index is -0.355. The van der Waals surface area contributed by atoms with Crippen LogP contribution < -0.4 is 0 Å². The van der Waals surface area contributed by atoms with Gasteiger partial charge in [-0.2, -0.15) is 0 Å². The van der Waals surface area contributed by atoms with Gasteiger partial charge in [-0.25, -0.2) is 0 Å². The normalized spacial score (nSPS) is 11.2. The summed E-state index contributed by atoms with van der Waals surface area (Å²) < 4.78 is 9.62. The second kappa shape index (κ2) is 10.0. The van der Waals surface area contributed by atoms with Crippen molar-refractivity contribution in [3.05, 3.63) is 40.9 Å². The molecule has 0 spiro atoms. The van der Waals surface area contributed by atoms with Crippen LogP contribution in [0.25, 0.3) is 5.57 Å². The van der Waals surface area contributed by atoms with E-state index in [1.165, 1.54) is 13.2 Å². The highest BCUT2D eigenvalue weighted by atomic mass is 35.5. The third-order valence-electron chi connectivity index (χ3n) is 3.33.